The van der Waals surface area contributed by atoms with E-state index in [9.17, 15) is 5.11 Å². The molecule has 0 aliphatic carbocycles. The Morgan fingerprint density at radius 2 is 1.96 bits per heavy atom. The number of pyridine rings is 1. The second-order valence-corrected chi connectivity index (χ2v) is 7.56. The summed E-state index contributed by atoms with van der Waals surface area (Å²) in [6.07, 6.45) is 2.34. The molecule has 1 aliphatic heterocycles. The minimum absolute atomic E-state index is 0.235. The number of aromatic nitrogens is 3. The topological polar surface area (TPSA) is 54.2 Å². The second kappa shape index (κ2) is 7.62. The Bertz CT molecular complexity index is 906. The van der Waals surface area contributed by atoms with Crippen molar-refractivity contribution < 1.29 is 5.11 Å². The molecular weight excluding hydrogens is 336 g/mol. The molecule has 140 valence electrons. The van der Waals surface area contributed by atoms with Crippen LogP contribution in [-0.4, -0.2) is 44.0 Å². The Morgan fingerprint density at radius 3 is 2.70 bits per heavy atom. The molecule has 2 aromatic heterocycles. The van der Waals surface area contributed by atoms with Gasteiger partial charge in [-0.05, 0) is 56.2 Å². The van der Waals surface area contributed by atoms with Gasteiger partial charge in [-0.2, -0.15) is 5.10 Å². The van der Waals surface area contributed by atoms with Gasteiger partial charge in [0.25, 0.3) is 0 Å². The molecule has 0 amide bonds. The van der Waals surface area contributed by atoms with Crippen LogP contribution in [0.2, 0.25) is 0 Å². The Hall–Kier alpha value is -2.50. The van der Waals surface area contributed by atoms with E-state index in [-0.39, 0.29) is 12.0 Å². The first-order valence-electron chi connectivity index (χ1n) is 9.51. The van der Waals surface area contributed by atoms with E-state index in [0.29, 0.717) is 6.54 Å². The predicted molar refractivity (Wildman–Crippen MR) is 106 cm³/mol. The fraction of sp³-hybridized carbons (Fsp3) is 0.364. The van der Waals surface area contributed by atoms with E-state index < -0.39 is 0 Å². The maximum Gasteiger partial charge on any atom is 0.0711 e. The van der Waals surface area contributed by atoms with Gasteiger partial charge >= 0.3 is 0 Å². The van der Waals surface area contributed by atoms with E-state index in [1.807, 2.05) is 36.0 Å². The number of aryl methyl sites for hydroxylation is 2. The molecule has 1 N–H and O–H groups in total. The van der Waals surface area contributed by atoms with Crippen molar-refractivity contribution in [2.45, 2.75) is 32.9 Å². The van der Waals surface area contributed by atoms with Gasteiger partial charge in [-0.3, -0.25) is 9.88 Å². The summed E-state index contributed by atoms with van der Waals surface area (Å²) in [6.45, 7) is 6.53. The molecule has 5 nitrogen and oxygen atoms in total. The molecule has 1 fully saturated rings. The smallest absolute Gasteiger partial charge is 0.0711 e. The SMILES string of the molecule is Cc1cc(C)n(-c2cccc(CN3C[C@@H](Cc4ccccn4)[C@H](O)C3)c2)n1. The maximum atomic E-state index is 10.5. The van der Waals surface area contributed by atoms with Crippen LogP contribution in [0.3, 0.4) is 0 Å². The zero-order valence-electron chi connectivity index (χ0n) is 15.9. The quantitative estimate of drug-likeness (QED) is 0.758. The summed E-state index contributed by atoms with van der Waals surface area (Å²) in [5, 5.41) is 15.1. The van der Waals surface area contributed by atoms with Crippen molar-refractivity contribution in [1.29, 1.82) is 0 Å². The lowest BCUT2D eigenvalue weighted by Gasteiger charge is -2.16. The summed E-state index contributed by atoms with van der Waals surface area (Å²) < 4.78 is 1.99. The van der Waals surface area contributed by atoms with Crippen LogP contribution in [0.1, 0.15) is 22.6 Å². The number of hydrogen-bond acceptors (Lipinski definition) is 4. The zero-order valence-corrected chi connectivity index (χ0v) is 15.9. The van der Waals surface area contributed by atoms with Crippen LogP contribution in [0, 0.1) is 19.8 Å². The zero-order chi connectivity index (χ0) is 18.8. The number of rotatable bonds is 5. The number of hydrogen-bond donors (Lipinski definition) is 1. The predicted octanol–water partition coefficient (Wildman–Crippen LogP) is 2.92. The normalized spacial score (nSPS) is 20.3. The van der Waals surface area contributed by atoms with E-state index >= 15 is 0 Å². The highest BCUT2D eigenvalue weighted by atomic mass is 16.3. The molecule has 0 unspecified atom stereocenters. The van der Waals surface area contributed by atoms with Crippen molar-refractivity contribution in [2.75, 3.05) is 13.1 Å². The molecule has 27 heavy (non-hydrogen) atoms. The third kappa shape index (κ3) is 4.10. The fourth-order valence-electron chi connectivity index (χ4n) is 3.99. The Morgan fingerprint density at radius 1 is 1.07 bits per heavy atom. The van der Waals surface area contributed by atoms with Gasteiger partial charge in [-0.15, -0.1) is 0 Å². The first-order valence-corrected chi connectivity index (χ1v) is 9.51. The first kappa shape index (κ1) is 17.9. The molecule has 0 saturated carbocycles. The van der Waals surface area contributed by atoms with E-state index in [0.717, 1.165) is 42.3 Å². The molecule has 3 heterocycles. The standard InChI is InChI=1S/C22H26N4O/c1-16-10-17(2)26(24-16)21-8-5-6-18(11-21)13-25-14-19(22(27)15-25)12-20-7-3-4-9-23-20/h3-11,19,22,27H,12-15H2,1-2H3/t19-,22-/m1/s1. The molecule has 1 aliphatic rings. The summed E-state index contributed by atoms with van der Waals surface area (Å²) in [4.78, 5) is 6.73. The molecule has 5 heteroatoms. The second-order valence-electron chi connectivity index (χ2n) is 7.56. The molecule has 0 spiro atoms. The van der Waals surface area contributed by atoms with Crippen molar-refractivity contribution in [3.05, 3.63) is 77.4 Å². The summed E-state index contributed by atoms with van der Waals surface area (Å²) in [7, 11) is 0. The van der Waals surface area contributed by atoms with E-state index in [2.05, 4.69) is 52.2 Å². The lowest BCUT2D eigenvalue weighted by atomic mass is 10.00. The van der Waals surface area contributed by atoms with E-state index in [1.54, 1.807) is 0 Å². The average molecular weight is 362 g/mol. The van der Waals surface area contributed by atoms with Crippen LogP contribution in [-0.2, 0) is 13.0 Å². The Balaban J connectivity index is 1.44. The summed E-state index contributed by atoms with van der Waals surface area (Å²) >= 11 is 0. The van der Waals surface area contributed by atoms with Gasteiger partial charge in [-0.25, -0.2) is 4.68 Å². The Labute approximate surface area is 160 Å². The van der Waals surface area contributed by atoms with Crippen molar-refractivity contribution in [1.82, 2.24) is 19.7 Å². The van der Waals surface area contributed by atoms with Crippen LogP contribution >= 0.6 is 0 Å². The third-order valence-electron chi connectivity index (χ3n) is 5.25. The molecule has 3 aromatic rings. The first-order chi connectivity index (χ1) is 13.1. The Kier molecular flexibility index (Phi) is 5.05. The van der Waals surface area contributed by atoms with Crippen molar-refractivity contribution in [3.63, 3.8) is 0 Å². The van der Waals surface area contributed by atoms with Gasteiger partial charge in [0.1, 0.15) is 0 Å². The minimum Gasteiger partial charge on any atom is -0.391 e. The number of aliphatic hydroxyl groups excluding tert-OH is 1. The maximum absolute atomic E-state index is 10.5. The lowest BCUT2D eigenvalue weighted by molar-refractivity contribution is 0.140. The molecule has 4 rings (SSSR count). The number of nitrogens with zero attached hydrogens (tertiary/aromatic N) is 4. The number of likely N-dealkylation sites (tertiary alicyclic amines) is 1. The van der Waals surface area contributed by atoms with Crippen LogP contribution in [0.4, 0.5) is 0 Å². The minimum atomic E-state index is -0.300. The van der Waals surface area contributed by atoms with Gasteiger partial charge in [0.15, 0.2) is 0 Å². The van der Waals surface area contributed by atoms with Crippen molar-refractivity contribution in [3.8, 4) is 5.69 Å². The lowest BCUT2D eigenvalue weighted by Crippen LogP contribution is -2.21. The summed E-state index contributed by atoms with van der Waals surface area (Å²) in [5.41, 5.74) is 5.54. The number of β-amino-alcohol motifs (C(OH)–C–C–N with tert-alkyl or cyclic N) is 1. The highest BCUT2D eigenvalue weighted by Crippen LogP contribution is 2.23. The van der Waals surface area contributed by atoms with Gasteiger partial charge in [0.05, 0.1) is 17.5 Å². The van der Waals surface area contributed by atoms with Crippen LogP contribution in [0.25, 0.3) is 5.69 Å². The number of aliphatic hydroxyl groups is 1. The van der Waals surface area contributed by atoms with Crippen molar-refractivity contribution >= 4 is 0 Å². The highest BCUT2D eigenvalue weighted by Gasteiger charge is 2.31. The van der Waals surface area contributed by atoms with Crippen LogP contribution in [0.5, 0.6) is 0 Å². The summed E-state index contributed by atoms with van der Waals surface area (Å²) in [6, 6.07) is 16.6. The van der Waals surface area contributed by atoms with E-state index in [1.165, 1.54) is 5.56 Å². The fourth-order valence-corrected chi connectivity index (χ4v) is 3.99. The molecule has 0 bridgehead atoms. The van der Waals surface area contributed by atoms with Crippen LogP contribution < -0.4 is 0 Å². The van der Waals surface area contributed by atoms with Crippen molar-refractivity contribution in [2.24, 2.45) is 5.92 Å². The van der Waals surface area contributed by atoms with Gasteiger partial charge in [0.2, 0.25) is 0 Å². The third-order valence-corrected chi connectivity index (χ3v) is 5.25. The molecule has 0 radical (unpaired) electrons. The van der Waals surface area contributed by atoms with Gasteiger partial charge < -0.3 is 5.11 Å². The number of benzene rings is 1. The molecular formula is C22H26N4O. The summed E-state index contributed by atoms with van der Waals surface area (Å²) in [5.74, 6) is 0.235. The highest BCUT2D eigenvalue weighted by molar-refractivity contribution is 5.37. The molecule has 2 atom stereocenters. The van der Waals surface area contributed by atoms with Gasteiger partial charge in [-0.1, -0.05) is 18.2 Å². The monoisotopic (exact) mass is 362 g/mol. The van der Waals surface area contributed by atoms with Gasteiger partial charge in [0, 0.05) is 43.1 Å². The molecule has 1 aromatic carbocycles. The molecule has 1 saturated heterocycles. The average Bonchev–Trinajstić information content (AvgIpc) is 3.17. The van der Waals surface area contributed by atoms with Crippen LogP contribution in [0.15, 0.2) is 54.7 Å². The largest absolute Gasteiger partial charge is 0.391 e. The van der Waals surface area contributed by atoms with E-state index in [4.69, 9.17) is 0 Å².